The Bertz CT molecular complexity index is 695. The van der Waals surface area contributed by atoms with Gasteiger partial charge in [-0.1, -0.05) is 6.07 Å². The van der Waals surface area contributed by atoms with Crippen LogP contribution >= 0.6 is 0 Å². The van der Waals surface area contributed by atoms with E-state index in [0.29, 0.717) is 5.69 Å². The molecule has 0 aliphatic rings. The molecule has 1 N–H and O–H groups in total. The van der Waals surface area contributed by atoms with Crippen molar-refractivity contribution in [1.29, 1.82) is 0 Å². The molecule has 0 heterocycles. The van der Waals surface area contributed by atoms with Crippen molar-refractivity contribution in [3.8, 4) is 5.75 Å². The van der Waals surface area contributed by atoms with Crippen LogP contribution in [-0.2, 0) is 0 Å². The van der Waals surface area contributed by atoms with Crippen LogP contribution in [0.15, 0.2) is 42.5 Å². The number of phenols is 1. The number of hydrogen-bond donors (Lipinski definition) is 1. The summed E-state index contributed by atoms with van der Waals surface area (Å²) >= 11 is 0. The first-order valence-corrected chi connectivity index (χ1v) is 6.22. The summed E-state index contributed by atoms with van der Waals surface area (Å²) in [6, 6.07) is 10.4. The van der Waals surface area contributed by atoms with E-state index in [0.717, 1.165) is 5.56 Å². The standard InChI is InChI=1S/C15H14N2O4/c1-10-3-8-14(17(20)21)13(9-10)15(19)16(2)11-4-6-12(18)7-5-11/h3-9,18H,1-2H3. The number of nitrogens with zero attached hydrogens (tertiary/aromatic N) is 2. The minimum atomic E-state index is -0.572. The minimum Gasteiger partial charge on any atom is -0.508 e. The molecule has 1 amide bonds. The van der Waals surface area contributed by atoms with Crippen LogP contribution in [0.4, 0.5) is 11.4 Å². The smallest absolute Gasteiger partial charge is 0.282 e. The summed E-state index contributed by atoms with van der Waals surface area (Å²) in [6.07, 6.45) is 0. The molecule has 108 valence electrons. The van der Waals surface area contributed by atoms with Crippen LogP contribution in [0.25, 0.3) is 0 Å². The topological polar surface area (TPSA) is 83.7 Å². The Morgan fingerprint density at radius 2 is 1.81 bits per heavy atom. The largest absolute Gasteiger partial charge is 0.508 e. The van der Waals surface area contributed by atoms with E-state index in [4.69, 9.17) is 0 Å². The van der Waals surface area contributed by atoms with Gasteiger partial charge in [-0.05, 0) is 42.8 Å². The molecule has 0 aromatic heterocycles. The number of anilines is 1. The molecule has 0 radical (unpaired) electrons. The molecule has 0 atom stereocenters. The Morgan fingerprint density at radius 1 is 1.19 bits per heavy atom. The van der Waals surface area contributed by atoms with Gasteiger partial charge in [-0.15, -0.1) is 0 Å². The van der Waals surface area contributed by atoms with Gasteiger partial charge in [0.25, 0.3) is 11.6 Å². The van der Waals surface area contributed by atoms with E-state index < -0.39 is 10.8 Å². The van der Waals surface area contributed by atoms with Crippen molar-refractivity contribution >= 4 is 17.3 Å². The van der Waals surface area contributed by atoms with Crippen molar-refractivity contribution < 1.29 is 14.8 Å². The number of aromatic hydroxyl groups is 1. The molecule has 0 bridgehead atoms. The second kappa shape index (κ2) is 5.62. The SMILES string of the molecule is Cc1ccc([N+](=O)[O-])c(C(=O)N(C)c2ccc(O)cc2)c1. The monoisotopic (exact) mass is 286 g/mol. The Labute approximate surface area is 121 Å². The van der Waals surface area contributed by atoms with Crippen molar-refractivity contribution in [2.24, 2.45) is 0 Å². The fourth-order valence-electron chi connectivity index (χ4n) is 1.95. The number of carbonyl (C=O) groups is 1. The van der Waals surface area contributed by atoms with E-state index in [2.05, 4.69) is 0 Å². The van der Waals surface area contributed by atoms with Gasteiger partial charge in [-0.3, -0.25) is 14.9 Å². The van der Waals surface area contributed by atoms with Crippen LogP contribution in [0, 0.1) is 17.0 Å². The number of benzene rings is 2. The van der Waals surface area contributed by atoms with Crippen molar-refractivity contribution in [1.82, 2.24) is 0 Å². The van der Waals surface area contributed by atoms with E-state index >= 15 is 0 Å². The van der Waals surface area contributed by atoms with Gasteiger partial charge in [0.1, 0.15) is 11.3 Å². The molecule has 0 saturated carbocycles. The predicted molar refractivity (Wildman–Crippen MR) is 78.7 cm³/mol. The number of carbonyl (C=O) groups excluding carboxylic acids is 1. The third-order valence-corrected chi connectivity index (χ3v) is 3.12. The number of amides is 1. The van der Waals surface area contributed by atoms with Crippen LogP contribution in [0.1, 0.15) is 15.9 Å². The van der Waals surface area contributed by atoms with Gasteiger partial charge in [-0.2, -0.15) is 0 Å². The average molecular weight is 286 g/mol. The molecule has 2 aromatic rings. The molecule has 0 saturated heterocycles. The molecule has 0 aliphatic heterocycles. The highest BCUT2D eigenvalue weighted by atomic mass is 16.6. The summed E-state index contributed by atoms with van der Waals surface area (Å²) < 4.78 is 0. The number of phenolic OH excluding ortho intramolecular Hbond substituents is 1. The molecule has 0 spiro atoms. The summed E-state index contributed by atoms with van der Waals surface area (Å²) in [6.45, 7) is 1.76. The minimum absolute atomic E-state index is 0.0376. The quantitative estimate of drug-likeness (QED) is 0.694. The number of nitro groups is 1. The number of rotatable bonds is 3. The second-order valence-corrected chi connectivity index (χ2v) is 4.66. The molecule has 0 fully saturated rings. The maximum absolute atomic E-state index is 12.5. The summed E-state index contributed by atoms with van der Waals surface area (Å²) in [4.78, 5) is 24.2. The van der Waals surface area contributed by atoms with Crippen LogP contribution in [0.3, 0.4) is 0 Å². The summed E-state index contributed by atoms with van der Waals surface area (Å²) in [7, 11) is 1.53. The van der Waals surface area contributed by atoms with Crippen LogP contribution < -0.4 is 4.90 Å². The molecule has 2 aromatic carbocycles. The fraction of sp³-hybridized carbons (Fsp3) is 0.133. The first kappa shape index (κ1) is 14.5. The van der Waals surface area contributed by atoms with E-state index in [1.165, 1.54) is 36.2 Å². The van der Waals surface area contributed by atoms with Crippen molar-refractivity contribution in [2.75, 3.05) is 11.9 Å². The average Bonchev–Trinajstić information content (AvgIpc) is 2.46. The fourth-order valence-corrected chi connectivity index (χ4v) is 1.95. The van der Waals surface area contributed by atoms with Gasteiger partial charge in [-0.25, -0.2) is 0 Å². The summed E-state index contributed by atoms with van der Waals surface area (Å²) in [5.41, 5.74) is 1.11. The zero-order valence-corrected chi connectivity index (χ0v) is 11.6. The van der Waals surface area contributed by atoms with Crippen LogP contribution in [0.5, 0.6) is 5.75 Å². The predicted octanol–water partition coefficient (Wildman–Crippen LogP) is 2.89. The summed E-state index contributed by atoms with van der Waals surface area (Å²) in [5, 5.41) is 20.3. The van der Waals surface area contributed by atoms with E-state index in [-0.39, 0.29) is 17.0 Å². The number of aryl methyl sites for hydroxylation is 1. The lowest BCUT2D eigenvalue weighted by Gasteiger charge is -2.17. The molecular formula is C15H14N2O4. The van der Waals surface area contributed by atoms with Gasteiger partial charge >= 0.3 is 0 Å². The second-order valence-electron chi connectivity index (χ2n) is 4.66. The molecule has 0 unspecified atom stereocenters. The van der Waals surface area contributed by atoms with Crippen molar-refractivity contribution in [3.05, 3.63) is 63.7 Å². The molecule has 21 heavy (non-hydrogen) atoms. The van der Waals surface area contributed by atoms with Gasteiger partial charge < -0.3 is 10.0 Å². The molecule has 6 heteroatoms. The summed E-state index contributed by atoms with van der Waals surface area (Å²) in [5.74, 6) is -0.391. The van der Waals surface area contributed by atoms with E-state index in [9.17, 15) is 20.0 Å². The van der Waals surface area contributed by atoms with E-state index in [1.54, 1.807) is 25.1 Å². The van der Waals surface area contributed by atoms with Gasteiger partial charge in [0.2, 0.25) is 0 Å². The lowest BCUT2D eigenvalue weighted by atomic mass is 10.1. The van der Waals surface area contributed by atoms with Crippen molar-refractivity contribution in [2.45, 2.75) is 6.92 Å². The zero-order chi connectivity index (χ0) is 15.6. The number of nitro benzene ring substituents is 1. The third-order valence-electron chi connectivity index (χ3n) is 3.12. The van der Waals surface area contributed by atoms with Gasteiger partial charge in [0.15, 0.2) is 0 Å². The maximum atomic E-state index is 12.5. The molecular weight excluding hydrogens is 272 g/mol. The van der Waals surface area contributed by atoms with Gasteiger partial charge in [0.05, 0.1) is 4.92 Å². The Balaban J connectivity index is 2.41. The lowest BCUT2D eigenvalue weighted by molar-refractivity contribution is -0.385. The van der Waals surface area contributed by atoms with E-state index in [1.807, 2.05) is 0 Å². The molecule has 6 nitrogen and oxygen atoms in total. The first-order chi connectivity index (χ1) is 9.90. The maximum Gasteiger partial charge on any atom is 0.282 e. The third kappa shape index (κ3) is 3.00. The number of hydrogen-bond acceptors (Lipinski definition) is 4. The van der Waals surface area contributed by atoms with Crippen LogP contribution in [-0.4, -0.2) is 23.0 Å². The normalized spacial score (nSPS) is 10.2. The highest BCUT2D eigenvalue weighted by Gasteiger charge is 2.23. The first-order valence-electron chi connectivity index (χ1n) is 6.22. The van der Waals surface area contributed by atoms with Crippen molar-refractivity contribution in [3.63, 3.8) is 0 Å². The lowest BCUT2D eigenvalue weighted by Crippen LogP contribution is -2.27. The Morgan fingerprint density at radius 3 is 2.38 bits per heavy atom. The highest BCUT2D eigenvalue weighted by Crippen LogP contribution is 2.24. The Kier molecular flexibility index (Phi) is 3.89. The molecule has 2 rings (SSSR count). The Hall–Kier alpha value is -2.89. The molecule has 0 aliphatic carbocycles. The zero-order valence-electron chi connectivity index (χ0n) is 11.6. The van der Waals surface area contributed by atoms with Crippen LogP contribution in [0.2, 0.25) is 0 Å². The van der Waals surface area contributed by atoms with Gasteiger partial charge in [0, 0.05) is 18.8 Å². The highest BCUT2D eigenvalue weighted by molar-refractivity contribution is 6.08.